The van der Waals surface area contributed by atoms with E-state index in [2.05, 4.69) is 32.4 Å². The second kappa shape index (κ2) is 10.1. The van der Waals surface area contributed by atoms with Gasteiger partial charge < -0.3 is 10.4 Å². The third kappa shape index (κ3) is 6.34. The van der Waals surface area contributed by atoms with Crippen molar-refractivity contribution in [1.82, 2.24) is 15.0 Å². The average molecular weight is 396 g/mol. The van der Waals surface area contributed by atoms with E-state index >= 15 is 0 Å². The Morgan fingerprint density at radius 1 is 1.17 bits per heavy atom. The van der Waals surface area contributed by atoms with Crippen LogP contribution in [0.5, 0.6) is 0 Å². The molecule has 0 unspecified atom stereocenters. The fourth-order valence-corrected chi connectivity index (χ4v) is 3.62. The second-order valence-electron chi connectivity index (χ2n) is 7.67. The summed E-state index contributed by atoms with van der Waals surface area (Å²) in [6.07, 6.45) is 8.40. The summed E-state index contributed by atoms with van der Waals surface area (Å²) in [7, 11) is 0. The zero-order valence-electron chi connectivity index (χ0n) is 16.9. The third-order valence-electron chi connectivity index (χ3n) is 5.20. The Kier molecular flexibility index (Phi) is 7.27. The molecule has 0 radical (unpaired) electrons. The van der Waals surface area contributed by atoms with Crippen LogP contribution in [0, 0.1) is 6.92 Å². The molecule has 3 rings (SSSR count). The number of Topliss-reactive ketones (excluding diaryl/α,β-unsaturated/α-hetero) is 1. The first-order chi connectivity index (χ1) is 14.0. The van der Waals surface area contributed by atoms with E-state index in [1.165, 1.54) is 5.56 Å². The molecule has 0 spiro atoms. The van der Waals surface area contributed by atoms with Gasteiger partial charge in [0.2, 0.25) is 0 Å². The Bertz CT molecular complexity index is 852. The number of nitrogens with one attached hydrogen (secondary N) is 1. The molecule has 154 valence electrons. The number of carboxylic acids is 1. The Balaban J connectivity index is 1.46. The number of carboxylic acid groups (broad SMARTS) is 1. The monoisotopic (exact) mass is 396 g/mol. The van der Waals surface area contributed by atoms with Crippen LogP contribution in [0.15, 0.2) is 24.5 Å². The number of fused-ring (bicyclic) bond motifs is 1. The van der Waals surface area contributed by atoms with E-state index in [0.717, 1.165) is 55.9 Å². The van der Waals surface area contributed by atoms with Crippen LogP contribution in [0.1, 0.15) is 67.1 Å². The van der Waals surface area contributed by atoms with E-state index in [-0.39, 0.29) is 18.6 Å². The highest BCUT2D eigenvalue weighted by Gasteiger charge is 2.21. The fourth-order valence-electron chi connectivity index (χ4n) is 3.62. The first kappa shape index (κ1) is 20.9. The van der Waals surface area contributed by atoms with Gasteiger partial charge in [-0.2, -0.15) is 0 Å². The molecule has 1 aliphatic heterocycles. The molecule has 2 aromatic rings. The molecule has 1 atom stereocenters. The number of pyridine rings is 1. The highest BCUT2D eigenvalue weighted by atomic mass is 16.4. The Hall–Kier alpha value is -2.83. The Labute approximate surface area is 171 Å². The molecular formula is C22H28N4O3. The standard InChI is InChI=1S/C22H28N4O3/c1-15-13-25-20(14-24-15)17(12-21(28)29)11-19(27)7-3-2-6-18-9-8-16-5-4-10-23-22(16)26-18/h8-9,13-14,17H,2-7,10-12H2,1H3,(H,23,26)(H,28,29)/t17-/m0/s1. The van der Waals surface area contributed by atoms with E-state index in [1.807, 2.05) is 6.92 Å². The lowest BCUT2D eigenvalue weighted by Crippen LogP contribution is -2.14. The topological polar surface area (TPSA) is 105 Å². The largest absolute Gasteiger partial charge is 0.481 e. The van der Waals surface area contributed by atoms with Crippen molar-refractivity contribution in [3.8, 4) is 0 Å². The van der Waals surface area contributed by atoms with Crippen LogP contribution < -0.4 is 5.32 Å². The van der Waals surface area contributed by atoms with Crippen molar-refractivity contribution in [3.05, 3.63) is 47.2 Å². The van der Waals surface area contributed by atoms with Gasteiger partial charge in [-0.3, -0.25) is 19.6 Å². The van der Waals surface area contributed by atoms with Crippen LogP contribution in [0.2, 0.25) is 0 Å². The number of aryl methyl sites for hydroxylation is 3. The minimum atomic E-state index is -0.933. The maximum absolute atomic E-state index is 12.4. The molecule has 1 aliphatic rings. The molecule has 3 heterocycles. The molecule has 0 saturated heterocycles. The van der Waals surface area contributed by atoms with Crippen molar-refractivity contribution in [2.45, 2.75) is 64.2 Å². The van der Waals surface area contributed by atoms with Crippen molar-refractivity contribution in [2.24, 2.45) is 0 Å². The van der Waals surface area contributed by atoms with Crippen LogP contribution in [0.25, 0.3) is 0 Å². The van der Waals surface area contributed by atoms with Gasteiger partial charge in [0.1, 0.15) is 11.6 Å². The predicted molar refractivity (Wildman–Crippen MR) is 110 cm³/mol. The summed E-state index contributed by atoms with van der Waals surface area (Å²) in [5, 5.41) is 12.5. The van der Waals surface area contributed by atoms with Gasteiger partial charge in [0, 0.05) is 43.4 Å². The normalized spacial score (nSPS) is 14.0. The van der Waals surface area contributed by atoms with Crippen LogP contribution in [-0.4, -0.2) is 38.4 Å². The molecule has 2 aromatic heterocycles. The molecule has 0 aliphatic carbocycles. The van der Waals surface area contributed by atoms with Crippen LogP contribution in [-0.2, 0) is 22.4 Å². The third-order valence-corrected chi connectivity index (χ3v) is 5.20. The van der Waals surface area contributed by atoms with Crippen LogP contribution in [0.3, 0.4) is 0 Å². The van der Waals surface area contributed by atoms with Crippen molar-refractivity contribution >= 4 is 17.6 Å². The lowest BCUT2D eigenvalue weighted by Gasteiger charge is -2.17. The van der Waals surface area contributed by atoms with E-state index < -0.39 is 11.9 Å². The Morgan fingerprint density at radius 2 is 2.03 bits per heavy atom. The first-order valence-electron chi connectivity index (χ1n) is 10.3. The lowest BCUT2D eigenvalue weighted by molar-refractivity contribution is -0.137. The van der Waals surface area contributed by atoms with Gasteiger partial charge in [-0.15, -0.1) is 0 Å². The van der Waals surface area contributed by atoms with Crippen LogP contribution in [0.4, 0.5) is 5.82 Å². The quantitative estimate of drug-likeness (QED) is 0.592. The van der Waals surface area contributed by atoms with E-state index in [9.17, 15) is 9.59 Å². The highest BCUT2D eigenvalue weighted by molar-refractivity contribution is 5.80. The summed E-state index contributed by atoms with van der Waals surface area (Å²) >= 11 is 0. The van der Waals surface area contributed by atoms with Crippen molar-refractivity contribution < 1.29 is 14.7 Å². The number of hydrogen-bond donors (Lipinski definition) is 2. The molecular weight excluding hydrogens is 368 g/mol. The number of nitrogens with zero attached hydrogens (tertiary/aromatic N) is 3. The number of carbonyl (C=O) groups is 2. The van der Waals surface area contributed by atoms with Gasteiger partial charge in [0.25, 0.3) is 0 Å². The molecule has 7 heteroatoms. The summed E-state index contributed by atoms with van der Waals surface area (Å²) in [5.74, 6) is -0.294. The second-order valence-corrected chi connectivity index (χ2v) is 7.67. The smallest absolute Gasteiger partial charge is 0.304 e. The number of ketones is 1. The van der Waals surface area contributed by atoms with E-state index in [0.29, 0.717) is 12.1 Å². The first-order valence-corrected chi connectivity index (χ1v) is 10.3. The minimum Gasteiger partial charge on any atom is -0.481 e. The minimum absolute atomic E-state index is 0.0682. The summed E-state index contributed by atoms with van der Waals surface area (Å²) in [6, 6.07) is 4.22. The van der Waals surface area contributed by atoms with Gasteiger partial charge in [-0.1, -0.05) is 6.07 Å². The van der Waals surface area contributed by atoms with Gasteiger partial charge in [-0.05, 0) is 50.7 Å². The summed E-state index contributed by atoms with van der Waals surface area (Å²) in [6.45, 7) is 2.79. The van der Waals surface area contributed by atoms with E-state index in [4.69, 9.17) is 5.11 Å². The molecule has 0 bridgehead atoms. The average Bonchev–Trinajstić information content (AvgIpc) is 2.71. The fraction of sp³-hybridized carbons (Fsp3) is 0.500. The number of anilines is 1. The number of aromatic nitrogens is 3. The molecule has 29 heavy (non-hydrogen) atoms. The molecule has 0 saturated carbocycles. The van der Waals surface area contributed by atoms with Gasteiger partial charge in [-0.25, -0.2) is 4.98 Å². The Morgan fingerprint density at radius 3 is 2.79 bits per heavy atom. The van der Waals surface area contributed by atoms with Crippen molar-refractivity contribution in [1.29, 1.82) is 0 Å². The highest BCUT2D eigenvalue weighted by Crippen LogP contribution is 2.23. The maximum Gasteiger partial charge on any atom is 0.304 e. The molecule has 0 amide bonds. The van der Waals surface area contributed by atoms with Gasteiger partial charge in [0.05, 0.1) is 17.8 Å². The SMILES string of the molecule is Cc1cnc([C@H](CC(=O)O)CC(=O)CCCCc2ccc3c(n2)NCCC3)cn1. The number of carbonyl (C=O) groups excluding carboxylic acids is 1. The van der Waals surface area contributed by atoms with Gasteiger partial charge in [0.15, 0.2) is 0 Å². The van der Waals surface area contributed by atoms with Crippen molar-refractivity contribution in [2.75, 3.05) is 11.9 Å². The lowest BCUT2D eigenvalue weighted by atomic mass is 9.93. The predicted octanol–water partition coefficient (Wildman–Crippen LogP) is 3.47. The van der Waals surface area contributed by atoms with Crippen LogP contribution >= 0.6 is 0 Å². The zero-order valence-corrected chi connectivity index (χ0v) is 16.9. The number of hydrogen-bond acceptors (Lipinski definition) is 6. The number of rotatable bonds is 10. The molecule has 0 fully saturated rings. The maximum atomic E-state index is 12.4. The molecule has 2 N–H and O–H groups in total. The van der Waals surface area contributed by atoms with Crippen molar-refractivity contribution in [3.63, 3.8) is 0 Å². The number of aliphatic carboxylic acids is 1. The summed E-state index contributed by atoms with van der Waals surface area (Å²) in [4.78, 5) is 36.7. The van der Waals surface area contributed by atoms with Gasteiger partial charge >= 0.3 is 5.97 Å². The molecule has 7 nitrogen and oxygen atoms in total. The summed E-state index contributed by atoms with van der Waals surface area (Å²) in [5.41, 5.74) is 3.65. The zero-order chi connectivity index (χ0) is 20.6. The van der Waals surface area contributed by atoms with E-state index in [1.54, 1.807) is 12.4 Å². The number of unbranched alkanes of at least 4 members (excludes halogenated alkanes) is 1. The summed E-state index contributed by atoms with van der Waals surface area (Å²) < 4.78 is 0. The molecule has 0 aromatic carbocycles.